The first-order valence-corrected chi connectivity index (χ1v) is 9.78. The molecule has 0 bridgehead atoms. The Morgan fingerprint density at radius 2 is 1.93 bits per heavy atom. The molecule has 1 aliphatic rings. The molecule has 0 spiro atoms. The standard InChI is InChI=1S/C20H16BrF3N4O2/c21-12-6-4-11(5-7-12)15-9-17(20(22,23)24)28-18(26-15)10-16(27-28)19(30)25-13-2-1-3-14(29)8-13/h1-8,10,15,17,26,29H,9H2,(H,25,30)/t15-,17+/m0/s1. The molecule has 10 heteroatoms. The number of hydrogen-bond acceptors (Lipinski definition) is 4. The number of fused-ring (bicyclic) bond motifs is 1. The van der Waals surface area contributed by atoms with Crippen LogP contribution in [0.25, 0.3) is 0 Å². The summed E-state index contributed by atoms with van der Waals surface area (Å²) in [5.74, 6) is -0.615. The molecule has 2 aromatic carbocycles. The molecule has 4 rings (SSSR count). The van der Waals surface area contributed by atoms with E-state index in [2.05, 4.69) is 31.7 Å². The van der Waals surface area contributed by atoms with E-state index in [-0.39, 0.29) is 23.7 Å². The van der Waals surface area contributed by atoms with Crippen LogP contribution in [0.4, 0.5) is 24.7 Å². The van der Waals surface area contributed by atoms with Crippen LogP contribution in [-0.4, -0.2) is 27.0 Å². The number of phenolic OH excluding ortho intramolecular Hbond substituents is 1. The summed E-state index contributed by atoms with van der Waals surface area (Å²) in [5.41, 5.74) is 0.844. The molecule has 0 saturated carbocycles. The van der Waals surface area contributed by atoms with E-state index in [4.69, 9.17) is 0 Å². The van der Waals surface area contributed by atoms with E-state index in [1.807, 2.05) is 0 Å². The fourth-order valence-corrected chi connectivity index (χ4v) is 3.64. The topological polar surface area (TPSA) is 79.2 Å². The molecule has 2 heterocycles. The molecule has 0 unspecified atom stereocenters. The lowest BCUT2D eigenvalue weighted by Crippen LogP contribution is -2.35. The van der Waals surface area contributed by atoms with E-state index in [1.54, 1.807) is 30.3 Å². The van der Waals surface area contributed by atoms with Crippen molar-refractivity contribution in [2.45, 2.75) is 24.7 Å². The average Bonchev–Trinajstić information content (AvgIpc) is 3.11. The van der Waals surface area contributed by atoms with E-state index in [0.717, 1.165) is 9.15 Å². The third-order valence-electron chi connectivity index (χ3n) is 4.80. The molecule has 0 radical (unpaired) electrons. The van der Waals surface area contributed by atoms with Crippen molar-refractivity contribution in [3.8, 4) is 5.75 Å². The summed E-state index contributed by atoms with van der Waals surface area (Å²) in [5, 5.41) is 19.0. The number of benzene rings is 2. The van der Waals surface area contributed by atoms with Crippen LogP contribution >= 0.6 is 15.9 Å². The highest BCUT2D eigenvalue weighted by Gasteiger charge is 2.46. The van der Waals surface area contributed by atoms with E-state index in [9.17, 15) is 23.1 Å². The predicted molar refractivity (Wildman–Crippen MR) is 109 cm³/mol. The van der Waals surface area contributed by atoms with Crippen molar-refractivity contribution in [1.82, 2.24) is 9.78 Å². The molecule has 0 fully saturated rings. The lowest BCUT2D eigenvalue weighted by atomic mass is 9.97. The first kappa shape index (κ1) is 20.3. The number of amides is 1. The normalized spacial score (nSPS) is 18.4. The quantitative estimate of drug-likeness (QED) is 0.477. The van der Waals surface area contributed by atoms with Crippen LogP contribution in [0.5, 0.6) is 5.75 Å². The highest BCUT2D eigenvalue weighted by Crippen LogP contribution is 2.43. The number of nitrogens with zero attached hydrogens (tertiary/aromatic N) is 2. The van der Waals surface area contributed by atoms with Gasteiger partial charge in [-0.1, -0.05) is 34.1 Å². The maximum absolute atomic E-state index is 13.8. The summed E-state index contributed by atoms with van der Waals surface area (Å²) in [6.45, 7) is 0. The fraction of sp³-hybridized carbons (Fsp3) is 0.200. The van der Waals surface area contributed by atoms with Gasteiger partial charge in [-0.15, -0.1) is 0 Å². The summed E-state index contributed by atoms with van der Waals surface area (Å²) in [6.07, 6.45) is -4.79. The Labute approximate surface area is 177 Å². The lowest BCUT2D eigenvalue weighted by molar-refractivity contribution is -0.173. The minimum atomic E-state index is -4.53. The van der Waals surface area contributed by atoms with Gasteiger partial charge in [-0.25, -0.2) is 4.68 Å². The SMILES string of the molecule is O=C(Nc1cccc(O)c1)c1cc2n(n1)[C@@H](C(F)(F)F)C[C@@H](c1ccc(Br)cc1)N2. The Hall–Kier alpha value is -3.01. The molecule has 30 heavy (non-hydrogen) atoms. The molecule has 1 aliphatic heterocycles. The Morgan fingerprint density at radius 3 is 2.60 bits per heavy atom. The van der Waals surface area contributed by atoms with Crippen molar-refractivity contribution in [1.29, 1.82) is 0 Å². The fourth-order valence-electron chi connectivity index (χ4n) is 3.38. The zero-order valence-electron chi connectivity index (χ0n) is 15.3. The van der Waals surface area contributed by atoms with Gasteiger partial charge in [0.1, 0.15) is 11.6 Å². The Balaban J connectivity index is 1.64. The molecule has 156 valence electrons. The number of halogens is 4. The van der Waals surface area contributed by atoms with Crippen LogP contribution in [-0.2, 0) is 0 Å². The van der Waals surface area contributed by atoms with Gasteiger partial charge in [-0.05, 0) is 29.8 Å². The zero-order valence-corrected chi connectivity index (χ0v) is 16.9. The van der Waals surface area contributed by atoms with Crippen molar-refractivity contribution in [3.05, 3.63) is 70.3 Å². The van der Waals surface area contributed by atoms with E-state index in [0.29, 0.717) is 11.3 Å². The van der Waals surface area contributed by atoms with Crippen LogP contribution in [0, 0.1) is 0 Å². The molecular weight excluding hydrogens is 465 g/mol. The molecule has 0 aliphatic carbocycles. The van der Waals surface area contributed by atoms with Crippen molar-refractivity contribution in [2.75, 3.05) is 10.6 Å². The number of phenols is 1. The molecule has 1 amide bonds. The van der Waals surface area contributed by atoms with Crippen molar-refractivity contribution in [2.24, 2.45) is 0 Å². The smallest absolute Gasteiger partial charge is 0.410 e. The summed E-state index contributed by atoms with van der Waals surface area (Å²) >= 11 is 3.32. The van der Waals surface area contributed by atoms with Gasteiger partial charge in [0.25, 0.3) is 5.91 Å². The van der Waals surface area contributed by atoms with Gasteiger partial charge in [0.15, 0.2) is 11.7 Å². The largest absolute Gasteiger partial charge is 0.508 e. The maximum atomic E-state index is 13.8. The van der Waals surface area contributed by atoms with Crippen molar-refractivity contribution >= 4 is 33.3 Å². The third kappa shape index (κ3) is 4.13. The van der Waals surface area contributed by atoms with Crippen molar-refractivity contribution < 1.29 is 23.1 Å². The number of rotatable bonds is 3. The number of alkyl halides is 3. The van der Waals surface area contributed by atoms with E-state index >= 15 is 0 Å². The van der Waals surface area contributed by atoms with Crippen LogP contribution in [0.3, 0.4) is 0 Å². The molecule has 0 saturated heterocycles. The Kier molecular flexibility index (Phi) is 5.19. The Morgan fingerprint density at radius 1 is 1.20 bits per heavy atom. The predicted octanol–water partition coefficient (Wildman–Crippen LogP) is 5.26. The highest BCUT2D eigenvalue weighted by molar-refractivity contribution is 9.10. The molecule has 2 atom stereocenters. The summed E-state index contributed by atoms with van der Waals surface area (Å²) in [6, 6.07) is 11.7. The number of aromatic hydroxyl groups is 1. The second-order valence-corrected chi connectivity index (χ2v) is 7.82. The maximum Gasteiger partial charge on any atom is 0.410 e. The number of anilines is 2. The second-order valence-electron chi connectivity index (χ2n) is 6.91. The van der Waals surface area contributed by atoms with Gasteiger partial charge in [0, 0.05) is 28.7 Å². The first-order valence-electron chi connectivity index (χ1n) is 8.99. The summed E-state index contributed by atoms with van der Waals surface area (Å²) in [7, 11) is 0. The number of carbonyl (C=O) groups excluding carboxylic acids is 1. The van der Waals surface area contributed by atoms with Crippen LogP contribution < -0.4 is 10.6 Å². The van der Waals surface area contributed by atoms with Gasteiger partial charge in [0.2, 0.25) is 0 Å². The monoisotopic (exact) mass is 480 g/mol. The Bertz CT molecular complexity index is 1080. The number of nitrogens with one attached hydrogen (secondary N) is 2. The number of hydrogen-bond donors (Lipinski definition) is 3. The average molecular weight is 481 g/mol. The van der Waals surface area contributed by atoms with Crippen LogP contribution in [0.2, 0.25) is 0 Å². The molecule has 1 aromatic heterocycles. The number of aromatic nitrogens is 2. The van der Waals surface area contributed by atoms with Crippen LogP contribution in [0.15, 0.2) is 59.1 Å². The molecule has 3 N–H and O–H groups in total. The minimum Gasteiger partial charge on any atom is -0.508 e. The lowest BCUT2D eigenvalue weighted by Gasteiger charge is -2.33. The molecular formula is C20H16BrF3N4O2. The highest BCUT2D eigenvalue weighted by atomic mass is 79.9. The minimum absolute atomic E-state index is 0.0481. The molecule has 6 nitrogen and oxygen atoms in total. The molecule has 3 aromatic rings. The van der Waals surface area contributed by atoms with Gasteiger partial charge >= 0.3 is 6.18 Å². The van der Waals surface area contributed by atoms with Crippen molar-refractivity contribution in [3.63, 3.8) is 0 Å². The van der Waals surface area contributed by atoms with E-state index < -0.39 is 24.2 Å². The van der Waals surface area contributed by atoms with Crippen LogP contribution in [0.1, 0.15) is 34.6 Å². The summed E-state index contributed by atoms with van der Waals surface area (Å²) < 4.78 is 42.9. The van der Waals surface area contributed by atoms with Gasteiger partial charge < -0.3 is 15.7 Å². The number of carbonyl (C=O) groups is 1. The zero-order chi connectivity index (χ0) is 21.5. The van der Waals surface area contributed by atoms with Gasteiger partial charge in [0.05, 0.1) is 6.04 Å². The van der Waals surface area contributed by atoms with Gasteiger partial charge in [-0.3, -0.25) is 4.79 Å². The van der Waals surface area contributed by atoms with E-state index in [1.165, 1.54) is 24.3 Å². The first-order chi connectivity index (χ1) is 14.2. The van der Waals surface area contributed by atoms with Gasteiger partial charge in [-0.2, -0.15) is 18.3 Å². The third-order valence-corrected chi connectivity index (χ3v) is 5.33. The second kappa shape index (κ2) is 7.67. The summed E-state index contributed by atoms with van der Waals surface area (Å²) in [4.78, 5) is 12.5.